The first kappa shape index (κ1) is 17.3. The number of amides is 1. The lowest BCUT2D eigenvalue weighted by atomic mass is 10.2. The standard InChI is InChI=1S/C19H18FN5O/c1-25(2)16-8-6-14(7-9-16)23-19-21-11-10-17(24-19)18(26)22-15-5-3-4-13(20)12-15/h3-12H,1-2H3,(H,22,26)(H,21,23,24). The third kappa shape index (κ3) is 4.32. The Bertz CT molecular complexity index is 912. The molecule has 0 radical (unpaired) electrons. The van der Waals surface area contributed by atoms with Gasteiger partial charge in [0.25, 0.3) is 5.91 Å². The van der Waals surface area contributed by atoms with Crippen LogP contribution in [0.5, 0.6) is 0 Å². The van der Waals surface area contributed by atoms with Crippen LogP contribution in [-0.4, -0.2) is 30.0 Å². The largest absolute Gasteiger partial charge is 0.378 e. The number of rotatable bonds is 5. The SMILES string of the molecule is CN(C)c1ccc(Nc2nccc(C(=O)Nc3cccc(F)c3)n2)cc1. The van der Waals surface area contributed by atoms with E-state index < -0.39 is 11.7 Å². The molecule has 1 heterocycles. The van der Waals surface area contributed by atoms with Gasteiger partial charge in [-0.2, -0.15) is 0 Å². The highest BCUT2D eigenvalue weighted by Crippen LogP contribution is 2.18. The van der Waals surface area contributed by atoms with Crippen LogP contribution in [0.25, 0.3) is 0 Å². The van der Waals surface area contributed by atoms with E-state index in [0.717, 1.165) is 11.4 Å². The Hall–Kier alpha value is -3.48. The monoisotopic (exact) mass is 351 g/mol. The van der Waals surface area contributed by atoms with Crippen molar-refractivity contribution in [3.05, 3.63) is 72.3 Å². The average molecular weight is 351 g/mol. The summed E-state index contributed by atoms with van der Waals surface area (Å²) < 4.78 is 13.2. The number of halogens is 1. The second-order valence-corrected chi connectivity index (χ2v) is 5.80. The quantitative estimate of drug-likeness (QED) is 0.734. The van der Waals surface area contributed by atoms with Crippen molar-refractivity contribution in [2.45, 2.75) is 0 Å². The van der Waals surface area contributed by atoms with Gasteiger partial charge in [0.15, 0.2) is 0 Å². The second kappa shape index (κ2) is 7.60. The maximum absolute atomic E-state index is 13.2. The van der Waals surface area contributed by atoms with E-state index in [-0.39, 0.29) is 5.69 Å². The summed E-state index contributed by atoms with van der Waals surface area (Å²) in [5.41, 5.74) is 2.41. The Balaban J connectivity index is 1.72. The fraction of sp³-hybridized carbons (Fsp3) is 0.105. The molecule has 3 rings (SSSR count). The van der Waals surface area contributed by atoms with Crippen LogP contribution in [0.15, 0.2) is 60.8 Å². The van der Waals surface area contributed by atoms with E-state index in [1.54, 1.807) is 6.07 Å². The number of benzene rings is 2. The fourth-order valence-corrected chi connectivity index (χ4v) is 2.28. The highest BCUT2D eigenvalue weighted by molar-refractivity contribution is 6.02. The van der Waals surface area contributed by atoms with Crippen molar-refractivity contribution in [2.24, 2.45) is 0 Å². The van der Waals surface area contributed by atoms with E-state index in [2.05, 4.69) is 20.6 Å². The number of hydrogen-bond donors (Lipinski definition) is 2. The van der Waals surface area contributed by atoms with Crippen LogP contribution in [-0.2, 0) is 0 Å². The summed E-state index contributed by atoms with van der Waals surface area (Å²) in [4.78, 5) is 22.6. The van der Waals surface area contributed by atoms with Gasteiger partial charge in [0, 0.05) is 37.4 Å². The van der Waals surface area contributed by atoms with Crippen LogP contribution in [0.2, 0.25) is 0 Å². The van der Waals surface area contributed by atoms with Gasteiger partial charge < -0.3 is 15.5 Å². The summed E-state index contributed by atoms with van der Waals surface area (Å²) in [5, 5.41) is 5.67. The number of carbonyl (C=O) groups is 1. The van der Waals surface area contributed by atoms with E-state index in [4.69, 9.17) is 0 Å². The molecule has 0 saturated heterocycles. The molecule has 7 heteroatoms. The summed E-state index contributed by atoms with van der Waals surface area (Å²) in [6.45, 7) is 0. The van der Waals surface area contributed by atoms with Gasteiger partial charge in [-0.25, -0.2) is 14.4 Å². The highest BCUT2D eigenvalue weighted by Gasteiger charge is 2.10. The predicted octanol–water partition coefficient (Wildman–Crippen LogP) is 3.68. The normalized spacial score (nSPS) is 10.3. The van der Waals surface area contributed by atoms with E-state index >= 15 is 0 Å². The van der Waals surface area contributed by atoms with E-state index in [1.165, 1.54) is 30.5 Å². The topological polar surface area (TPSA) is 70.2 Å². The van der Waals surface area contributed by atoms with Crippen molar-refractivity contribution >= 4 is 28.9 Å². The van der Waals surface area contributed by atoms with E-state index in [1.807, 2.05) is 43.3 Å². The molecule has 132 valence electrons. The lowest BCUT2D eigenvalue weighted by Crippen LogP contribution is -2.14. The van der Waals surface area contributed by atoms with Gasteiger partial charge in [-0.3, -0.25) is 4.79 Å². The minimum Gasteiger partial charge on any atom is -0.378 e. The van der Waals surface area contributed by atoms with Crippen LogP contribution in [0.4, 0.5) is 27.4 Å². The van der Waals surface area contributed by atoms with Crippen molar-refractivity contribution in [2.75, 3.05) is 29.6 Å². The molecule has 6 nitrogen and oxygen atoms in total. The summed E-state index contributed by atoms with van der Waals surface area (Å²) in [5.74, 6) is -0.562. The van der Waals surface area contributed by atoms with E-state index in [0.29, 0.717) is 11.6 Å². The minimum absolute atomic E-state index is 0.177. The van der Waals surface area contributed by atoms with Crippen LogP contribution in [0.1, 0.15) is 10.5 Å². The second-order valence-electron chi connectivity index (χ2n) is 5.80. The molecule has 2 aromatic carbocycles. The predicted molar refractivity (Wildman–Crippen MR) is 100 cm³/mol. The van der Waals surface area contributed by atoms with Crippen LogP contribution in [0.3, 0.4) is 0 Å². The third-order valence-electron chi connectivity index (χ3n) is 3.61. The molecule has 2 N–H and O–H groups in total. The maximum atomic E-state index is 13.2. The number of aromatic nitrogens is 2. The van der Waals surface area contributed by atoms with Gasteiger partial charge in [-0.05, 0) is 48.5 Å². The third-order valence-corrected chi connectivity index (χ3v) is 3.61. The number of carbonyl (C=O) groups excluding carboxylic acids is 1. The fourth-order valence-electron chi connectivity index (χ4n) is 2.28. The first-order valence-corrected chi connectivity index (χ1v) is 7.95. The van der Waals surface area contributed by atoms with Gasteiger partial charge in [0.1, 0.15) is 11.5 Å². The molecule has 0 bridgehead atoms. The number of nitrogens with zero attached hydrogens (tertiary/aromatic N) is 3. The Morgan fingerprint density at radius 2 is 1.81 bits per heavy atom. The summed E-state index contributed by atoms with van der Waals surface area (Å²) >= 11 is 0. The molecule has 0 spiro atoms. The van der Waals surface area contributed by atoms with Gasteiger partial charge in [-0.1, -0.05) is 6.07 Å². The molecule has 1 aromatic heterocycles. The zero-order chi connectivity index (χ0) is 18.5. The average Bonchev–Trinajstić information content (AvgIpc) is 2.62. The minimum atomic E-state index is -0.441. The molecule has 0 aliphatic heterocycles. The van der Waals surface area contributed by atoms with Crippen molar-refractivity contribution in [3.8, 4) is 0 Å². The molecule has 0 saturated carbocycles. The van der Waals surface area contributed by atoms with Crippen LogP contribution in [0, 0.1) is 5.82 Å². The van der Waals surface area contributed by atoms with Crippen molar-refractivity contribution in [1.29, 1.82) is 0 Å². The van der Waals surface area contributed by atoms with Gasteiger partial charge >= 0.3 is 0 Å². The number of nitrogens with one attached hydrogen (secondary N) is 2. The smallest absolute Gasteiger partial charge is 0.274 e. The van der Waals surface area contributed by atoms with Crippen molar-refractivity contribution < 1.29 is 9.18 Å². The molecule has 26 heavy (non-hydrogen) atoms. The number of hydrogen-bond acceptors (Lipinski definition) is 5. The Morgan fingerprint density at radius 3 is 2.50 bits per heavy atom. The lowest BCUT2D eigenvalue weighted by Gasteiger charge is -2.13. The van der Waals surface area contributed by atoms with Crippen molar-refractivity contribution in [1.82, 2.24) is 9.97 Å². The summed E-state index contributed by atoms with van der Waals surface area (Å²) in [7, 11) is 3.93. The van der Waals surface area contributed by atoms with Crippen LogP contribution < -0.4 is 15.5 Å². The molecule has 0 atom stereocenters. The maximum Gasteiger partial charge on any atom is 0.274 e. The van der Waals surface area contributed by atoms with Gasteiger partial charge in [0.05, 0.1) is 0 Å². The highest BCUT2D eigenvalue weighted by atomic mass is 19.1. The lowest BCUT2D eigenvalue weighted by molar-refractivity contribution is 0.102. The van der Waals surface area contributed by atoms with E-state index in [9.17, 15) is 9.18 Å². The molecular formula is C19H18FN5O. The summed E-state index contributed by atoms with van der Waals surface area (Å²) in [6.07, 6.45) is 1.49. The van der Waals surface area contributed by atoms with Crippen molar-refractivity contribution in [3.63, 3.8) is 0 Å². The first-order chi connectivity index (χ1) is 12.5. The summed E-state index contributed by atoms with van der Waals surface area (Å²) in [6, 6.07) is 14.9. The first-order valence-electron chi connectivity index (χ1n) is 7.95. The Labute approximate surface area is 150 Å². The molecule has 0 aliphatic rings. The number of anilines is 4. The Morgan fingerprint density at radius 1 is 1.04 bits per heavy atom. The molecule has 0 aliphatic carbocycles. The molecule has 0 fully saturated rings. The van der Waals surface area contributed by atoms with Gasteiger partial charge in [-0.15, -0.1) is 0 Å². The zero-order valence-electron chi connectivity index (χ0n) is 14.4. The molecule has 3 aromatic rings. The molecule has 0 unspecified atom stereocenters. The Kier molecular flexibility index (Phi) is 5.07. The molecular weight excluding hydrogens is 333 g/mol. The van der Waals surface area contributed by atoms with Gasteiger partial charge in [0.2, 0.25) is 5.95 Å². The van der Waals surface area contributed by atoms with Crippen LogP contribution >= 0.6 is 0 Å². The zero-order valence-corrected chi connectivity index (χ0v) is 14.4. The molecule has 1 amide bonds.